The fourth-order valence-electron chi connectivity index (χ4n) is 0.866. The van der Waals surface area contributed by atoms with E-state index in [0.717, 1.165) is 6.42 Å². The van der Waals surface area contributed by atoms with Crippen LogP contribution in [0.5, 0.6) is 0 Å². The van der Waals surface area contributed by atoms with Gasteiger partial charge in [0.05, 0.1) is 12.8 Å². The molecule has 0 N–H and O–H groups in total. The van der Waals surface area contributed by atoms with E-state index in [4.69, 9.17) is 0 Å². The second kappa shape index (κ2) is 6.34. The summed E-state index contributed by atoms with van der Waals surface area (Å²) in [5.41, 5.74) is 0.300. The van der Waals surface area contributed by atoms with Gasteiger partial charge in [-0.2, -0.15) is 4.99 Å². The molecule has 0 saturated carbocycles. The number of hydrogen-bond acceptors (Lipinski definition) is 3. The summed E-state index contributed by atoms with van der Waals surface area (Å²) in [4.78, 5) is 25.6. The largest absolute Gasteiger partial charge is 0.451 e. The lowest BCUT2D eigenvalue weighted by Crippen LogP contribution is -2.14. The fourth-order valence-corrected chi connectivity index (χ4v) is 0.866. The normalized spacial score (nSPS) is 11.2. The first-order chi connectivity index (χ1) is 6.15. The molecule has 4 heteroatoms. The first-order valence-electron chi connectivity index (χ1n) is 4.34. The predicted octanol–water partition coefficient (Wildman–Crippen LogP) is 1.97. The molecule has 0 fully saturated rings. The van der Waals surface area contributed by atoms with E-state index in [2.05, 4.69) is 9.73 Å². The van der Waals surface area contributed by atoms with Crippen molar-refractivity contribution in [2.24, 2.45) is 4.99 Å². The average molecular weight is 185 g/mol. The summed E-state index contributed by atoms with van der Waals surface area (Å²) in [6, 6.07) is 0. The van der Waals surface area contributed by atoms with E-state index >= 15 is 0 Å². The molecule has 0 unspecified atom stereocenters. The van der Waals surface area contributed by atoms with Crippen molar-refractivity contribution in [2.45, 2.75) is 33.1 Å². The number of ether oxygens (including phenoxy) is 1. The van der Waals surface area contributed by atoms with E-state index in [-0.39, 0.29) is 5.78 Å². The maximum atomic E-state index is 11.3. The highest BCUT2D eigenvalue weighted by Gasteiger charge is 2.10. The Morgan fingerprint density at radius 1 is 1.31 bits per heavy atom. The third kappa shape index (κ3) is 4.40. The molecule has 0 atom stereocenters. The van der Waals surface area contributed by atoms with Gasteiger partial charge in [0.1, 0.15) is 0 Å². The van der Waals surface area contributed by atoms with Gasteiger partial charge in [0.25, 0.3) is 0 Å². The predicted molar refractivity (Wildman–Crippen MR) is 50.0 cm³/mol. The molecule has 74 valence electrons. The van der Waals surface area contributed by atoms with Crippen LogP contribution in [0.4, 0.5) is 4.79 Å². The molecule has 0 aliphatic heterocycles. The van der Waals surface area contributed by atoms with Crippen LogP contribution in [0.3, 0.4) is 0 Å². The number of Topliss-reactive ketones (excluding diaryl/α,β-unsaturated/α-hetero) is 1. The van der Waals surface area contributed by atoms with Crippen molar-refractivity contribution >= 4 is 17.6 Å². The first-order valence-corrected chi connectivity index (χ1v) is 4.34. The van der Waals surface area contributed by atoms with Crippen LogP contribution >= 0.6 is 0 Å². The van der Waals surface area contributed by atoms with Crippen molar-refractivity contribution in [3.05, 3.63) is 0 Å². The van der Waals surface area contributed by atoms with E-state index < -0.39 is 6.09 Å². The average Bonchev–Trinajstić information content (AvgIpc) is 2.14. The lowest BCUT2D eigenvalue weighted by atomic mass is 10.1. The maximum Gasteiger partial charge on any atom is 0.433 e. The Kier molecular flexibility index (Phi) is 5.76. The number of carbonyl (C=O) groups is 2. The van der Waals surface area contributed by atoms with E-state index in [1.165, 1.54) is 7.11 Å². The molecule has 0 aromatic heterocycles. The zero-order chi connectivity index (χ0) is 10.3. The van der Waals surface area contributed by atoms with Crippen molar-refractivity contribution in [1.29, 1.82) is 0 Å². The van der Waals surface area contributed by atoms with Gasteiger partial charge in [0.2, 0.25) is 0 Å². The smallest absolute Gasteiger partial charge is 0.433 e. The van der Waals surface area contributed by atoms with Crippen LogP contribution < -0.4 is 0 Å². The van der Waals surface area contributed by atoms with Crippen LogP contribution in [0.25, 0.3) is 0 Å². The highest BCUT2D eigenvalue weighted by atomic mass is 16.5. The SMILES string of the molecule is CCCC(=O)/C(CC)=N/C(=O)OC. The van der Waals surface area contributed by atoms with Gasteiger partial charge in [0, 0.05) is 6.42 Å². The quantitative estimate of drug-likeness (QED) is 0.629. The Morgan fingerprint density at radius 2 is 1.92 bits per heavy atom. The molecule has 0 spiro atoms. The summed E-state index contributed by atoms with van der Waals surface area (Å²) in [6.07, 6.45) is 0.956. The minimum Gasteiger partial charge on any atom is -0.451 e. The Labute approximate surface area is 78.0 Å². The molecule has 0 aromatic rings. The number of amides is 1. The summed E-state index contributed by atoms with van der Waals surface area (Å²) in [5.74, 6) is -0.0737. The summed E-state index contributed by atoms with van der Waals surface area (Å²) in [6.45, 7) is 3.69. The second-order valence-corrected chi connectivity index (χ2v) is 2.56. The van der Waals surface area contributed by atoms with Crippen LogP contribution in [-0.4, -0.2) is 24.7 Å². The van der Waals surface area contributed by atoms with E-state index in [1.807, 2.05) is 6.92 Å². The van der Waals surface area contributed by atoms with Crippen molar-refractivity contribution in [2.75, 3.05) is 7.11 Å². The molecular weight excluding hydrogens is 170 g/mol. The summed E-state index contributed by atoms with van der Waals surface area (Å²) < 4.78 is 4.33. The number of rotatable bonds is 4. The lowest BCUT2D eigenvalue weighted by molar-refractivity contribution is -0.113. The van der Waals surface area contributed by atoms with Gasteiger partial charge in [-0.1, -0.05) is 13.8 Å². The number of aliphatic imine (C=N–C) groups is 1. The molecule has 0 rings (SSSR count). The maximum absolute atomic E-state index is 11.3. The Balaban J connectivity index is 4.40. The highest BCUT2D eigenvalue weighted by molar-refractivity contribution is 6.41. The molecule has 1 amide bonds. The molecule has 4 nitrogen and oxygen atoms in total. The van der Waals surface area contributed by atoms with Gasteiger partial charge >= 0.3 is 6.09 Å². The standard InChI is InChI=1S/C9H15NO3/c1-4-6-8(11)7(5-2)10-9(12)13-3/h4-6H2,1-3H3/b10-7+. The third-order valence-corrected chi connectivity index (χ3v) is 1.53. The molecule has 0 radical (unpaired) electrons. The van der Waals surface area contributed by atoms with Crippen LogP contribution in [0.1, 0.15) is 33.1 Å². The van der Waals surface area contributed by atoms with Crippen LogP contribution in [0, 0.1) is 0 Å². The van der Waals surface area contributed by atoms with Crippen LogP contribution in [0.15, 0.2) is 4.99 Å². The van der Waals surface area contributed by atoms with Gasteiger partial charge in [-0.25, -0.2) is 4.79 Å². The van der Waals surface area contributed by atoms with E-state index in [0.29, 0.717) is 18.6 Å². The van der Waals surface area contributed by atoms with Crippen molar-refractivity contribution in [3.63, 3.8) is 0 Å². The van der Waals surface area contributed by atoms with E-state index in [9.17, 15) is 9.59 Å². The minimum atomic E-state index is -0.707. The number of nitrogens with zero attached hydrogens (tertiary/aromatic N) is 1. The monoisotopic (exact) mass is 185 g/mol. The zero-order valence-electron chi connectivity index (χ0n) is 8.29. The van der Waals surface area contributed by atoms with Crippen molar-refractivity contribution in [1.82, 2.24) is 0 Å². The summed E-state index contributed by atoms with van der Waals surface area (Å²) in [7, 11) is 1.24. The highest BCUT2D eigenvalue weighted by Crippen LogP contribution is 1.97. The molecule has 0 aliphatic rings. The molecule has 0 heterocycles. The Morgan fingerprint density at radius 3 is 2.31 bits per heavy atom. The Hall–Kier alpha value is -1.19. The lowest BCUT2D eigenvalue weighted by Gasteiger charge is -1.99. The molecule has 0 aromatic carbocycles. The van der Waals surface area contributed by atoms with E-state index in [1.54, 1.807) is 6.92 Å². The van der Waals surface area contributed by atoms with Gasteiger partial charge in [0.15, 0.2) is 5.78 Å². The fraction of sp³-hybridized carbons (Fsp3) is 0.667. The van der Waals surface area contributed by atoms with Crippen molar-refractivity contribution in [3.8, 4) is 0 Å². The molecular formula is C9H15NO3. The van der Waals surface area contributed by atoms with Gasteiger partial charge in [-0.05, 0) is 12.8 Å². The topological polar surface area (TPSA) is 55.7 Å². The zero-order valence-corrected chi connectivity index (χ0v) is 8.29. The third-order valence-electron chi connectivity index (χ3n) is 1.53. The summed E-state index contributed by atoms with van der Waals surface area (Å²) >= 11 is 0. The number of hydrogen-bond donors (Lipinski definition) is 0. The van der Waals surface area contributed by atoms with Crippen LogP contribution in [-0.2, 0) is 9.53 Å². The number of ketones is 1. The molecule has 0 bridgehead atoms. The molecule has 0 aliphatic carbocycles. The number of carbonyl (C=O) groups excluding carboxylic acids is 2. The van der Waals surface area contributed by atoms with Crippen molar-refractivity contribution < 1.29 is 14.3 Å². The van der Waals surface area contributed by atoms with Gasteiger partial charge < -0.3 is 4.74 Å². The minimum absolute atomic E-state index is 0.0737. The second-order valence-electron chi connectivity index (χ2n) is 2.56. The van der Waals surface area contributed by atoms with Crippen LogP contribution in [0.2, 0.25) is 0 Å². The molecule has 13 heavy (non-hydrogen) atoms. The number of methoxy groups -OCH3 is 1. The Bertz CT molecular complexity index is 221. The summed E-state index contributed by atoms with van der Waals surface area (Å²) in [5, 5.41) is 0. The first kappa shape index (κ1) is 11.8. The van der Waals surface area contributed by atoms with Gasteiger partial charge in [-0.15, -0.1) is 0 Å². The van der Waals surface area contributed by atoms with Gasteiger partial charge in [-0.3, -0.25) is 4.79 Å². The molecule has 0 saturated heterocycles.